The summed E-state index contributed by atoms with van der Waals surface area (Å²) in [5.74, 6) is -2.06. The van der Waals surface area contributed by atoms with Crippen LogP contribution in [0.1, 0.15) is 45.9 Å². The summed E-state index contributed by atoms with van der Waals surface area (Å²) in [6.45, 7) is 1.47. The molecule has 0 N–H and O–H groups in total. The fraction of sp³-hybridized carbons (Fsp3) is 0.208. The van der Waals surface area contributed by atoms with Crippen molar-refractivity contribution in [2.45, 2.75) is 34.6 Å². The zero-order chi connectivity index (χ0) is 17.2. The standard InChI is InChI=1S/C21H16F2O.3CH4/c1-15(24)21(16-8-4-2-5-9-16,17-10-6-3-7-11-17)18-12-13-19(22)20(23)14-18;;;/h2-14H,1H3;3*1H4. The van der Waals surface area contributed by atoms with Crippen LogP contribution in [0.4, 0.5) is 8.78 Å². The van der Waals surface area contributed by atoms with Crippen molar-refractivity contribution in [1.29, 1.82) is 0 Å². The molecular formula is C24H28F2O. The van der Waals surface area contributed by atoms with Gasteiger partial charge in [-0.15, -0.1) is 0 Å². The molecule has 144 valence electrons. The Morgan fingerprint density at radius 1 is 0.667 bits per heavy atom. The van der Waals surface area contributed by atoms with Gasteiger partial charge in [0, 0.05) is 0 Å². The predicted molar refractivity (Wildman–Crippen MR) is 110 cm³/mol. The van der Waals surface area contributed by atoms with Crippen molar-refractivity contribution >= 4 is 5.78 Å². The highest BCUT2D eigenvalue weighted by Gasteiger charge is 2.41. The summed E-state index contributed by atoms with van der Waals surface area (Å²) in [7, 11) is 0. The first kappa shape index (κ1) is 24.2. The molecule has 3 aromatic rings. The Bertz CT molecular complexity index is 819. The SMILES string of the molecule is C.C.C.CC(=O)C(c1ccccc1)(c1ccccc1)c1ccc(F)c(F)c1. The van der Waals surface area contributed by atoms with Gasteiger partial charge in [0.15, 0.2) is 11.6 Å². The number of ketones is 1. The quantitative estimate of drug-likeness (QED) is 0.462. The normalized spacial score (nSPS) is 10.0. The first-order chi connectivity index (χ1) is 11.6. The van der Waals surface area contributed by atoms with Crippen LogP contribution in [0, 0.1) is 11.6 Å². The fourth-order valence-corrected chi connectivity index (χ4v) is 3.22. The van der Waals surface area contributed by atoms with Gasteiger partial charge in [-0.25, -0.2) is 8.78 Å². The monoisotopic (exact) mass is 370 g/mol. The Kier molecular flexibility index (Phi) is 8.75. The van der Waals surface area contributed by atoms with Gasteiger partial charge in [0.25, 0.3) is 0 Å². The first-order valence-electron chi connectivity index (χ1n) is 7.64. The first-order valence-corrected chi connectivity index (χ1v) is 7.64. The van der Waals surface area contributed by atoms with E-state index in [9.17, 15) is 13.6 Å². The molecule has 0 atom stereocenters. The molecule has 0 radical (unpaired) electrons. The number of Topliss-reactive ketones (excluding diaryl/α,β-unsaturated/α-hetero) is 1. The number of hydrogen-bond acceptors (Lipinski definition) is 1. The van der Waals surface area contributed by atoms with E-state index in [1.165, 1.54) is 13.0 Å². The number of carbonyl (C=O) groups excluding carboxylic acids is 1. The Hall–Kier alpha value is -2.81. The smallest absolute Gasteiger partial charge is 0.159 e. The molecule has 3 rings (SSSR count). The molecule has 27 heavy (non-hydrogen) atoms. The van der Waals surface area contributed by atoms with Gasteiger partial charge in [-0.05, 0) is 35.7 Å². The molecule has 0 spiro atoms. The molecule has 0 heterocycles. The van der Waals surface area contributed by atoms with Gasteiger partial charge in [-0.2, -0.15) is 0 Å². The summed E-state index contributed by atoms with van der Waals surface area (Å²) >= 11 is 0. The molecule has 0 unspecified atom stereocenters. The van der Waals surface area contributed by atoms with Crippen LogP contribution in [-0.2, 0) is 10.2 Å². The molecule has 0 aliphatic rings. The van der Waals surface area contributed by atoms with Gasteiger partial charge in [0.05, 0.1) is 0 Å². The van der Waals surface area contributed by atoms with Crippen molar-refractivity contribution in [1.82, 2.24) is 0 Å². The summed E-state index contributed by atoms with van der Waals surface area (Å²) in [6, 6.07) is 22.0. The molecule has 0 saturated carbocycles. The Morgan fingerprint density at radius 2 is 1.11 bits per heavy atom. The zero-order valence-electron chi connectivity index (χ0n) is 13.2. The van der Waals surface area contributed by atoms with Crippen LogP contribution < -0.4 is 0 Å². The van der Waals surface area contributed by atoms with E-state index >= 15 is 0 Å². The average Bonchev–Trinajstić information content (AvgIpc) is 2.60. The predicted octanol–water partition coefficient (Wildman–Crippen LogP) is 6.80. The lowest BCUT2D eigenvalue weighted by atomic mass is 9.67. The number of rotatable bonds is 4. The lowest BCUT2D eigenvalue weighted by Crippen LogP contribution is -2.37. The van der Waals surface area contributed by atoms with Gasteiger partial charge >= 0.3 is 0 Å². The third-order valence-corrected chi connectivity index (χ3v) is 4.29. The molecule has 0 saturated heterocycles. The molecule has 0 aliphatic heterocycles. The molecular weight excluding hydrogens is 342 g/mol. The lowest BCUT2D eigenvalue weighted by Gasteiger charge is -2.33. The second kappa shape index (κ2) is 9.77. The van der Waals surface area contributed by atoms with E-state index in [1.54, 1.807) is 0 Å². The van der Waals surface area contributed by atoms with E-state index in [0.717, 1.165) is 23.3 Å². The van der Waals surface area contributed by atoms with E-state index in [2.05, 4.69) is 0 Å². The topological polar surface area (TPSA) is 17.1 Å². The highest BCUT2D eigenvalue weighted by Crippen LogP contribution is 2.40. The second-order valence-electron chi connectivity index (χ2n) is 5.67. The molecule has 3 heteroatoms. The van der Waals surface area contributed by atoms with Gasteiger partial charge in [0.1, 0.15) is 11.2 Å². The van der Waals surface area contributed by atoms with Crippen molar-refractivity contribution in [3.05, 3.63) is 107 Å². The van der Waals surface area contributed by atoms with Gasteiger partial charge in [-0.3, -0.25) is 4.79 Å². The summed E-state index contributed by atoms with van der Waals surface area (Å²) in [5.41, 5.74) is 0.660. The lowest BCUT2D eigenvalue weighted by molar-refractivity contribution is -0.119. The summed E-state index contributed by atoms with van der Waals surface area (Å²) in [6.07, 6.45) is 0. The zero-order valence-corrected chi connectivity index (χ0v) is 13.2. The molecule has 0 aromatic heterocycles. The number of hydrogen-bond donors (Lipinski definition) is 0. The van der Waals surface area contributed by atoms with Gasteiger partial charge < -0.3 is 0 Å². The number of carbonyl (C=O) groups is 1. The van der Waals surface area contributed by atoms with Crippen molar-refractivity contribution in [2.24, 2.45) is 0 Å². The minimum atomic E-state index is -1.18. The van der Waals surface area contributed by atoms with Crippen LogP contribution in [0.25, 0.3) is 0 Å². The van der Waals surface area contributed by atoms with Crippen LogP contribution in [0.3, 0.4) is 0 Å². The molecule has 0 amide bonds. The molecule has 3 aromatic carbocycles. The molecule has 0 aliphatic carbocycles. The third-order valence-electron chi connectivity index (χ3n) is 4.29. The maximum Gasteiger partial charge on any atom is 0.159 e. The number of benzene rings is 3. The second-order valence-corrected chi connectivity index (χ2v) is 5.67. The van der Waals surface area contributed by atoms with E-state index in [1.807, 2.05) is 60.7 Å². The average molecular weight is 370 g/mol. The van der Waals surface area contributed by atoms with Crippen molar-refractivity contribution in [3.8, 4) is 0 Å². The maximum atomic E-state index is 13.9. The molecule has 0 bridgehead atoms. The molecule has 1 nitrogen and oxygen atoms in total. The highest BCUT2D eigenvalue weighted by atomic mass is 19.2. The Labute approximate surface area is 161 Å². The van der Waals surface area contributed by atoms with E-state index in [4.69, 9.17) is 0 Å². The van der Waals surface area contributed by atoms with Crippen LogP contribution >= 0.6 is 0 Å². The van der Waals surface area contributed by atoms with Crippen molar-refractivity contribution in [3.63, 3.8) is 0 Å². The van der Waals surface area contributed by atoms with Crippen LogP contribution in [-0.4, -0.2) is 5.78 Å². The minimum Gasteiger partial charge on any atom is -0.298 e. The number of halogens is 2. The summed E-state index contributed by atoms with van der Waals surface area (Å²) in [5, 5.41) is 0. The minimum absolute atomic E-state index is 0. The van der Waals surface area contributed by atoms with Crippen molar-refractivity contribution in [2.75, 3.05) is 0 Å². The van der Waals surface area contributed by atoms with Crippen LogP contribution in [0.2, 0.25) is 0 Å². The Balaban J connectivity index is 0.00000225. The van der Waals surface area contributed by atoms with Gasteiger partial charge in [-0.1, -0.05) is 89.0 Å². The molecule has 0 fully saturated rings. The summed E-state index contributed by atoms with van der Waals surface area (Å²) in [4.78, 5) is 12.8. The maximum absolute atomic E-state index is 13.9. The van der Waals surface area contributed by atoms with E-state index in [0.29, 0.717) is 5.56 Å². The summed E-state index contributed by atoms with van der Waals surface area (Å²) < 4.78 is 27.4. The van der Waals surface area contributed by atoms with Crippen LogP contribution in [0.15, 0.2) is 78.9 Å². The largest absolute Gasteiger partial charge is 0.298 e. The van der Waals surface area contributed by atoms with E-state index < -0.39 is 17.0 Å². The highest BCUT2D eigenvalue weighted by molar-refractivity contribution is 5.96. The van der Waals surface area contributed by atoms with Crippen molar-refractivity contribution < 1.29 is 13.6 Å². The van der Waals surface area contributed by atoms with E-state index in [-0.39, 0.29) is 28.1 Å². The van der Waals surface area contributed by atoms with Gasteiger partial charge in [0.2, 0.25) is 0 Å². The Morgan fingerprint density at radius 3 is 1.48 bits per heavy atom. The third kappa shape index (κ3) is 4.13. The van der Waals surface area contributed by atoms with Crippen LogP contribution in [0.5, 0.6) is 0 Å². The fourth-order valence-electron chi connectivity index (χ4n) is 3.22.